The first-order chi connectivity index (χ1) is 14.4. The van der Waals surface area contributed by atoms with Gasteiger partial charge < -0.3 is 14.5 Å². The van der Waals surface area contributed by atoms with Crippen LogP contribution in [-0.4, -0.2) is 62.0 Å². The van der Waals surface area contributed by atoms with Gasteiger partial charge in [-0.05, 0) is 37.1 Å². The Hall–Kier alpha value is -3.28. The van der Waals surface area contributed by atoms with E-state index in [0.29, 0.717) is 24.4 Å². The van der Waals surface area contributed by atoms with Gasteiger partial charge in [0.2, 0.25) is 0 Å². The van der Waals surface area contributed by atoms with E-state index < -0.39 is 0 Å². The first-order valence-electron chi connectivity index (χ1n) is 10.2. The molecule has 2 aromatic carbocycles. The van der Waals surface area contributed by atoms with Crippen LogP contribution in [0.4, 0.5) is 5.69 Å². The van der Waals surface area contributed by atoms with Gasteiger partial charge in [-0.1, -0.05) is 35.9 Å². The molecule has 1 fully saturated rings. The van der Waals surface area contributed by atoms with Gasteiger partial charge in [0.25, 0.3) is 11.8 Å². The lowest BCUT2D eigenvalue weighted by atomic mass is 9.97. The molecule has 30 heavy (non-hydrogen) atoms. The van der Waals surface area contributed by atoms with Gasteiger partial charge in [-0.3, -0.25) is 14.5 Å². The predicted octanol–water partition coefficient (Wildman–Crippen LogP) is 2.84. The van der Waals surface area contributed by atoms with E-state index in [1.54, 1.807) is 14.2 Å². The molecule has 0 bridgehead atoms. The Bertz CT molecular complexity index is 1040. The molecule has 0 saturated carbocycles. The van der Waals surface area contributed by atoms with E-state index in [1.165, 1.54) is 4.90 Å². The van der Waals surface area contributed by atoms with Crippen molar-refractivity contribution in [1.29, 1.82) is 0 Å². The average molecular weight is 405 g/mol. The molecule has 2 aliphatic rings. The monoisotopic (exact) mass is 405 g/mol. The zero-order valence-electron chi connectivity index (χ0n) is 17.9. The maximum Gasteiger partial charge on any atom is 0.277 e. The average Bonchev–Trinajstić information content (AvgIpc) is 2.98. The summed E-state index contributed by atoms with van der Waals surface area (Å²) in [5.41, 5.74) is 5.07. The number of methoxy groups -OCH3 is 1. The Labute approximate surface area is 177 Å². The van der Waals surface area contributed by atoms with E-state index in [1.807, 2.05) is 50.2 Å². The van der Waals surface area contributed by atoms with Crippen molar-refractivity contribution in [3.8, 4) is 5.75 Å². The molecule has 6 heteroatoms. The van der Waals surface area contributed by atoms with Crippen molar-refractivity contribution in [3.05, 3.63) is 64.9 Å². The predicted molar refractivity (Wildman–Crippen MR) is 117 cm³/mol. The van der Waals surface area contributed by atoms with Gasteiger partial charge in [-0.15, -0.1) is 0 Å². The Morgan fingerprint density at radius 1 is 0.867 bits per heavy atom. The highest BCUT2D eigenvalue weighted by molar-refractivity contribution is 6.35. The van der Waals surface area contributed by atoms with Crippen LogP contribution in [0.2, 0.25) is 0 Å². The molecule has 4 rings (SSSR count). The third-order valence-electron chi connectivity index (χ3n) is 5.94. The standard InChI is InChI=1S/C24H27N3O3/c1-16-9-10-18(17(2)15-16)21-22(24(29)25(3)23(21)28)27-13-11-26(12-14-27)19-7-5-6-8-20(19)30-4/h5-10,15H,11-14H2,1-4H3. The molecule has 156 valence electrons. The van der Waals surface area contributed by atoms with Crippen molar-refractivity contribution < 1.29 is 14.3 Å². The molecular formula is C24H27N3O3. The Kier molecular flexibility index (Phi) is 5.24. The Morgan fingerprint density at radius 3 is 2.20 bits per heavy atom. The molecule has 2 amide bonds. The van der Waals surface area contributed by atoms with E-state index in [0.717, 1.165) is 41.2 Å². The number of benzene rings is 2. The fourth-order valence-corrected chi connectivity index (χ4v) is 4.32. The van der Waals surface area contributed by atoms with Gasteiger partial charge >= 0.3 is 0 Å². The number of hydrogen-bond donors (Lipinski definition) is 0. The lowest BCUT2D eigenvalue weighted by molar-refractivity contribution is -0.135. The number of imide groups is 1. The molecule has 2 aliphatic heterocycles. The van der Waals surface area contributed by atoms with Gasteiger partial charge in [0.1, 0.15) is 11.4 Å². The van der Waals surface area contributed by atoms with Crippen molar-refractivity contribution in [2.45, 2.75) is 13.8 Å². The number of rotatable bonds is 4. The second-order valence-electron chi connectivity index (χ2n) is 7.86. The number of para-hydroxylation sites is 2. The summed E-state index contributed by atoms with van der Waals surface area (Å²) in [4.78, 5) is 31.5. The lowest BCUT2D eigenvalue weighted by Gasteiger charge is -2.38. The maximum atomic E-state index is 13.0. The number of ether oxygens (including phenoxy) is 1. The van der Waals surface area contributed by atoms with Crippen molar-refractivity contribution in [2.24, 2.45) is 0 Å². The number of piperazine rings is 1. The second-order valence-corrected chi connectivity index (χ2v) is 7.86. The molecule has 0 radical (unpaired) electrons. The van der Waals surface area contributed by atoms with Crippen molar-refractivity contribution in [2.75, 3.05) is 45.2 Å². The largest absolute Gasteiger partial charge is 0.495 e. The fourth-order valence-electron chi connectivity index (χ4n) is 4.32. The van der Waals surface area contributed by atoms with Gasteiger partial charge in [-0.25, -0.2) is 0 Å². The molecule has 2 heterocycles. The number of hydrogen-bond acceptors (Lipinski definition) is 5. The van der Waals surface area contributed by atoms with Crippen LogP contribution < -0.4 is 9.64 Å². The first-order valence-corrected chi connectivity index (χ1v) is 10.2. The van der Waals surface area contributed by atoms with E-state index >= 15 is 0 Å². The lowest BCUT2D eigenvalue weighted by Crippen LogP contribution is -2.47. The van der Waals surface area contributed by atoms with E-state index in [9.17, 15) is 9.59 Å². The molecule has 0 aromatic heterocycles. The molecule has 0 aliphatic carbocycles. The van der Waals surface area contributed by atoms with Gasteiger partial charge in [0.15, 0.2) is 0 Å². The zero-order valence-corrected chi connectivity index (χ0v) is 17.9. The van der Waals surface area contributed by atoms with Crippen molar-refractivity contribution in [1.82, 2.24) is 9.80 Å². The van der Waals surface area contributed by atoms with Crippen LogP contribution in [0.15, 0.2) is 48.2 Å². The third kappa shape index (κ3) is 3.32. The fraction of sp³-hybridized carbons (Fsp3) is 0.333. The number of amides is 2. The number of likely N-dealkylation sites (N-methyl/N-ethyl adjacent to an activating group) is 1. The van der Waals surface area contributed by atoms with E-state index in [4.69, 9.17) is 4.74 Å². The smallest absolute Gasteiger partial charge is 0.277 e. The third-order valence-corrected chi connectivity index (χ3v) is 5.94. The van der Waals surface area contributed by atoms with Gasteiger partial charge in [0, 0.05) is 33.2 Å². The van der Waals surface area contributed by atoms with Crippen LogP contribution in [0.5, 0.6) is 5.75 Å². The highest BCUT2D eigenvalue weighted by Gasteiger charge is 2.40. The Morgan fingerprint density at radius 2 is 1.53 bits per heavy atom. The molecule has 0 unspecified atom stereocenters. The number of aryl methyl sites for hydroxylation is 2. The van der Waals surface area contributed by atoms with Crippen LogP contribution >= 0.6 is 0 Å². The molecule has 2 aromatic rings. The highest BCUT2D eigenvalue weighted by Crippen LogP contribution is 2.34. The summed E-state index contributed by atoms with van der Waals surface area (Å²) in [6, 6.07) is 14.0. The summed E-state index contributed by atoms with van der Waals surface area (Å²) in [5.74, 6) is 0.391. The van der Waals surface area contributed by atoms with Crippen LogP contribution in [0.3, 0.4) is 0 Å². The minimum atomic E-state index is -0.228. The molecule has 0 spiro atoms. The summed E-state index contributed by atoms with van der Waals surface area (Å²) in [7, 11) is 3.24. The summed E-state index contributed by atoms with van der Waals surface area (Å²) in [5, 5.41) is 0. The van der Waals surface area contributed by atoms with Gasteiger partial charge in [0.05, 0.1) is 18.4 Å². The van der Waals surface area contributed by atoms with Crippen LogP contribution in [0, 0.1) is 13.8 Å². The number of carbonyl (C=O) groups is 2. The zero-order chi connectivity index (χ0) is 21.4. The summed E-state index contributed by atoms with van der Waals surface area (Å²) in [6.45, 7) is 6.83. The molecular weight excluding hydrogens is 378 g/mol. The van der Waals surface area contributed by atoms with E-state index in [2.05, 4.69) is 15.9 Å². The van der Waals surface area contributed by atoms with E-state index in [-0.39, 0.29) is 11.8 Å². The first kappa shape index (κ1) is 20.0. The number of carbonyl (C=O) groups excluding carboxylic acids is 2. The highest BCUT2D eigenvalue weighted by atomic mass is 16.5. The number of anilines is 1. The number of nitrogens with zero attached hydrogens (tertiary/aromatic N) is 3. The van der Waals surface area contributed by atoms with Crippen LogP contribution in [-0.2, 0) is 9.59 Å². The molecule has 0 N–H and O–H groups in total. The van der Waals surface area contributed by atoms with Gasteiger partial charge in [-0.2, -0.15) is 0 Å². The minimum absolute atomic E-state index is 0.222. The summed E-state index contributed by atoms with van der Waals surface area (Å²) in [6.07, 6.45) is 0. The summed E-state index contributed by atoms with van der Waals surface area (Å²) >= 11 is 0. The molecule has 6 nitrogen and oxygen atoms in total. The molecule has 0 atom stereocenters. The summed E-state index contributed by atoms with van der Waals surface area (Å²) < 4.78 is 5.50. The SMILES string of the molecule is COc1ccccc1N1CCN(C2=C(c3ccc(C)cc3C)C(=O)N(C)C2=O)CC1. The van der Waals surface area contributed by atoms with Crippen molar-refractivity contribution in [3.63, 3.8) is 0 Å². The van der Waals surface area contributed by atoms with Crippen LogP contribution in [0.25, 0.3) is 5.57 Å². The minimum Gasteiger partial charge on any atom is -0.495 e. The maximum absolute atomic E-state index is 13.0. The second kappa shape index (κ2) is 7.86. The normalized spacial score (nSPS) is 17.3. The van der Waals surface area contributed by atoms with Crippen molar-refractivity contribution >= 4 is 23.1 Å². The topological polar surface area (TPSA) is 53.1 Å². The van der Waals surface area contributed by atoms with Crippen LogP contribution in [0.1, 0.15) is 16.7 Å². The Balaban J connectivity index is 1.65. The quantitative estimate of drug-likeness (QED) is 0.733. The molecule has 1 saturated heterocycles.